The molecule has 1 aliphatic carbocycles. The van der Waals surface area contributed by atoms with Crippen LogP contribution in [-0.2, 0) is 14.8 Å². The zero-order chi connectivity index (χ0) is 26.0. The van der Waals surface area contributed by atoms with Gasteiger partial charge in [-0.25, -0.2) is 12.8 Å². The van der Waals surface area contributed by atoms with Gasteiger partial charge in [-0.3, -0.25) is 9.59 Å². The highest BCUT2D eigenvalue weighted by atomic mass is 32.2. The van der Waals surface area contributed by atoms with E-state index in [-0.39, 0.29) is 35.3 Å². The van der Waals surface area contributed by atoms with Crippen LogP contribution in [0.2, 0.25) is 0 Å². The van der Waals surface area contributed by atoms with Crippen molar-refractivity contribution in [3.63, 3.8) is 0 Å². The number of nitrogens with one attached hydrogen (secondary N) is 2. The van der Waals surface area contributed by atoms with Crippen LogP contribution in [0.15, 0.2) is 71.6 Å². The number of hydrogen-bond donors (Lipinski definition) is 2. The Morgan fingerprint density at radius 3 is 2.24 bits per heavy atom. The van der Waals surface area contributed by atoms with Crippen LogP contribution >= 0.6 is 0 Å². The van der Waals surface area contributed by atoms with Gasteiger partial charge in [0.2, 0.25) is 15.9 Å². The Balaban J connectivity index is 1.32. The fourth-order valence-corrected chi connectivity index (χ4v) is 7.32. The van der Waals surface area contributed by atoms with E-state index in [1.54, 1.807) is 24.3 Å². The minimum Gasteiger partial charge on any atom is -0.350 e. The van der Waals surface area contributed by atoms with Gasteiger partial charge in [-0.2, -0.15) is 4.31 Å². The first-order valence-corrected chi connectivity index (χ1v) is 14.1. The largest absolute Gasteiger partial charge is 0.350 e. The van der Waals surface area contributed by atoms with Crippen LogP contribution in [0, 0.1) is 5.82 Å². The molecule has 7 nitrogen and oxygen atoms in total. The van der Waals surface area contributed by atoms with Crippen molar-refractivity contribution in [2.45, 2.75) is 61.5 Å². The zero-order valence-electron chi connectivity index (χ0n) is 20.4. The number of halogens is 1. The number of rotatable bonds is 6. The summed E-state index contributed by atoms with van der Waals surface area (Å²) in [5.41, 5.74) is 0.347. The van der Waals surface area contributed by atoms with Gasteiger partial charge in [0.05, 0.1) is 4.90 Å². The Kier molecular flexibility index (Phi) is 7.26. The maximum atomic E-state index is 13.7. The quantitative estimate of drug-likeness (QED) is 0.511. The molecular weight excluding hydrogens is 493 g/mol. The van der Waals surface area contributed by atoms with Crippen LogP contribution in [0.5, 0.6) is 0 Å². The van der Waals surface area contributed by atoms with Gasteiger partial charge in [0.15, 0.2) is 0 Å². The van der Waals surface area contributed by atoms with Crippen LogP contribution < -0.4 is 10.6 Å². The molecule has 0 aromatic heterocycles. The van der Waals surface area contributed by atoms with Crippen molar-refractivity contribution in [2.24, 2.45) is 0 Å². The lowest BCUT2D eigenvalue weighted by molar-refractivity contribution is -0.125. The molecule has 3 aromatic rings. The summed E-state index contributed by atoms with van der Waals surface area (Å²) in [5, 5.41) is 7.48. The van der Waals surface area contributed by atoms with Gasteiger partial charge in [-0.1, -0.05) is 49.2 Å². The Labute approximate surface area is 216 Å². The third-order valence-electron chi connectivity index (χ3n) is 7.36. The summed E-state index contributed by atoms with van der Waals surface area (Å²) < 4.78 is 42.0. The molecular formula is C28H30FN3O4S. The van der Waals surface area contributed by atoms with Gasteiger partial charge >= 0.3 is 0 Å². The average molecular weight is 524 g/mol. The van der Waals surface area contributed by atoms with Gasteiger partial charge in [0.25, 0.3) is 5.91 Å². The summed E-state index contributed by atoms with van der Waals surface area (Å²) in [6, 6.07) is 16.4. The van der Waals surface area contributed by atoms with Crippen molar-refractivity contribution in [1.82, 2.24) is 14.9 Å². The van der Waals surface area contributed by atoms with Crippen LogP contribution in [0.25, 0.3) is 10.8 Å². The Morgan fingerprint density at radius 1 is 0.811 bits per heavy atom. The lowest BCUT2D eigenvalue weighted by atomic mass is 9.89. The molecule has 2 N–H and O–H groups in total. The van der Waals surface area contributed by atoms with E-state index in [0.29, 0.717) is 36.6 Å². The predicted octanol–water partition coefficient (Wildman–Crippen LogP) is 3.99. The summed E-state index contributed by atoms with van der Waals surface area (Å²) in [6.45, 7) is 0.277. The molecule has 3 atom stereocenters. The Morgan fingerprint density at radius 2 is 1.49 bits per heavy atom. The molecule has 194 valence electrons. The van der Waals surface area contributed by atoms with Crippen LogP contribution in [0.4, 0.5) is 4.39 Å². The van der Waals surface area contributed by atoms with Gasteiger partial charge in [0, 0.05) is 29.6 Å². The standard InChI is InChI=1S/C28H30FN3O4S/c29-21-16-14-20(15-17-21)27(33)30-23-10-3-4-11-24(23)31-28(34)25-12-6-18-32(25)37(35,36)26-13-5-8-19-7-1-2-9-22(19)26/h1-2,5,7-9,13-17,23-25H,3-4,6,10-12,18H2,(H,30,33)(H,31,34)/t23-,24?,25-/m1/s1. The molecule has 0 bridgehead atoms. The number of carbonyl (C=O) groups is 2. The van der Waals surface area contributed by atoms with Crippen molar-refractivity contribution in [1.29, 1.82) is 0 Å². The third-order valence-corrected chi connectivity index (χ3v) is 9.33. The summed E-state index contributed by atoms with van der Waals surface area (Å²) in [7, 11) is -3.90. The molecule has 2 fully saturated rings. The second-order valence-electron chi connectivity index (χ2n) is 9.74. The molecule has 3 aromatic carbocycles. The minimum atomic E-state index is -3.90. The third kappa shape index (κ3) is 5.24. The molecule has 1 saturated heterocycles. The maximum absolute atomic E-state index is 13.7. The van der Waals surface area contributed by atoms with E-state index in [4.69, 9.17) is 0 Å². The maximum Gasteiger partial charge on any atom is 0.251 e. The topological polar surface area (TPSA) is 95.6 Å². The lowest BCUT2D eigenvalue weighted by Crippen LogP contribution is -2.56. The van der Waals surface area contributed by atoms with E-state index >= 15 is 0 Å². The van der Waals surface area contributed by atoms with E-state index in [9.17, 15) is 22.4 Å². The number of nitrogens with zero attached hydrogens (tertiary/aromatic N) is 1. The fourth-order valence-electron chi connectivity index (χ4n) is 5.45. The highest BCUT2D eigenvalue weighted by molar-refractivity contribution is 7.89. The van der Waals surface area contributed by atoms with Crippen molar-refractivity contribution in [3.05, 3.63) is 78.1 Å². The van der Waals surface area contributed by atoms with Crippen LogP contribution in [-0.4, -0.2) is 49.2 Å². The summed E-state index contributed by atoms with van der Waals surface area (Å²) in [5.74, 6) is -1.08. The molecule has 37 heavy (non-hydrogen) atoms. The first-order chi connectivity index (χ1) is 17.8. The van der Waals surface area contributed by atoms with Crippen LogP contribution in [0.3, 0.4) is 0 Å². The second kappa shape index (κ2) is 10.6. The number of amides is 2. The Hall–Kier alpha value is -3.30. The molecule has 9 heteroatoms. The normalized spacial score (nSPS) is 22.6. The number of fused-ring (bicyclic) bond motifs is 1. The molecule has 1 saturated carbocycles. The highest BCUT2D eigenvalue weighted by Crippen LogP contribution is 2.31. The zero-order valence-corrected chi connectivity index (χ0v) is 21.2. The lowest BCUT2D eigenvalue weighted by Gasteiger charge is -2.34. The number of sulfonamides is 1. The number of benzene rings is 3. The minimum absolute atomic E-state index is 0.201. The van der Waals surface area contributed by atoms with Gasteiger partial charge in [0.1, 0.15) is 11.9 Å². The second-order valence-corrected chi connectivity index (χ2v) is 11.6. The van der Waals surface area contributed by atoms with E-state index in [0.717, 1.165) is 18.2 Å². The average Bonchev–Trinajstić information content (AvgIpc) is 3.41. The monoisotopic (exact) mass is 523 g/mol. The van der Waals surface area contributed by atoms with Gasteiger partial charge < -0.3 is 10.6 Å². The molecule has 2 amide bonds. The Bertz CT molecular complexity index is 1410. The number of carbonyl (C=O) groups excluding carboxylic acids is 2. The molecule has 1 heterocycles. The van der Waals surface area contributed by atoms with E-state index in [1.165, 1.54) is 28.6 Å². The first kappa shape index (κ1) is 25.4. The van der Waals surface area contributed by atoms with E-state index in [2.05, 4.69) is 10.6 Å². The summed E-state index contributed by atoms with van der Waals surface area (Å²) in [4.78, 5) is 26.4. The smallest absolute Gasteiger partial charge is 0.251 e. The van der Waals surface area contributed by atoms with Crippen molar-refractivity contribution in [2.75, 3.05) is 6.54 Å². The molecule has 1 unspecified atom stereocenters. The molecule has 5 rings (SSSR count). The molecule has 0 radical (unpaired) electrons. The van der Waals surface area contributed by atoms with Crippen molar-refractivity contribution >= 4 is 32.6 Å². The highest BCUT2D eigenvalue weighted by Gasteiger charge is 2.41. The van der Waals surface area contributed by atoms with Gasteiger partial charge in [-0.05, 0) is 61.4 Å². The summed E-state index contributed by atoms with van der Waals surface area (Å²) >= 11 is 0. The van der Waals surface area contributed by atoms with Gasteiger partial charge in [-0.15, -0.1) is 0 Å². The van der Waals surface area contributed by atoms with Crippen molar-refractivity contribution in [3.8, 4) is 0 Å². The SMILES string of the molecule is O=C(N[C@@H]1CCCCC1NC(=O)[C@H]1CCCN1S(=O)(=O)c1cccc2ccccc12)c1ccc(F)cc1. The molecule has 1 aliphatic heterocycles. The first-order valence-electron chi connectivity index (χ1n) is 12.7. The van der Waals surface area contributed by atoms with Crippen LogP contribution in [0.1, 0.15) is 48.9 Å². The molecule has 2 aliphatic rings. The van der Waals surface area contributed by atoms with E-state index < -0.39 is 21.9 Å². The molecule has 0 spiro atoms. The fraction of sp³-hybridized carbons (Fsp3) is 0.357. The van der Waals surface area contributed by atoms with Crippen molar-refractivity contribution < 1.29 is 22.4 Å². The number of hydrogen-bond acceptors (Lipinski definition) is 4. The summed E-state index contributed by atoms with van der Waals surface area (Å²) in [6.07, 6.45) is 4.22. The van der Waals surface area contributed by atoms with E-state index in [1.807, 2.05) is 18.2 Å². The predicted molar refractivity (Wildman–Crippen MR) is 139 cm³/mol.